The summed E-state index contributed by atoms with van der Waals surface area (Å²) in [7, 11) is 2.16. The highest BCUT2D eigenvalue weighted by Crippen LogP contribution is 2.51. The Morgan fingerprint density at radius 2 is 1.18 bits per heavy atom. The van der Waals surface area contributed by atoms with E-state index < -0.39 is 0 Å². The molecule has 0 saturated heterocycles. The number of rotatable bonds is 3. The number of hydrogen-bond donors (Lipinski definition) is 0. The molecule has 2 heteroatoms. The van der Waals surface area contributed by atoms with Gasteiger partial charge in [-0.25, -0.2) is 0 Å². The zero-order chi connectivity index (χ0) is 18.9. The van der Waals surface area contributed by atoms with Gasteiger partial charge in [0.2, 0.25) is 0 Å². The van der Waals surface area contributed by atoms with Crippen LogP contribution in [0, 0.1) is 0 Å². The predicted octanol–water partition coefficient (Wildman–Crippen LogP) is 6.77. The fourth-order valence-electron chi connectivity index (χ4n) is 4.09. The van der Waals surface area contributed by atoms with Gasteiger partial charge < -0.3 is 9.80 Å². The lowest BCUT2D eigenvalue weighted by Crippen LogP contribution is -2.27. The lowest BCUT2D eigenvalue weighted by Gasteiger charge is -2.40. The maximum atomic E-state index is 2.46. The first-order chi connectivity index (χ1) is 13.8. The summed E-state index contributed by atoms with van der Waals surface area (Å²) in [6, 6.07) is 36.6. The Morgan fingerprint density at radius 3 is 1.93 bits per heavy atom. The Kier molecular flexibility index (Phi) is 4.10. The Balaban J connectivity index is 1.74. The first kappa shape index (κ1) is 16.6. The summed E-state index contributed by atoms with van der Waals surface area (Å²) in [6.07, 6.45) is 0. The van der Waals surface area contributed by atoms with E-state index in [1.165, 1.54) is 39.4 Å². The summed E-state index contributed by atoms with van der Waals surface area (Å²) in [5.74, 6) is 0. The molecule has 0 spiro atoms. The number of para-hydroxylation sites is 3. The van der Waals surface area contributed by atoms with Crippen LogP contribution >= 0.6 is 0 Å². The fourth-order valence-corrected chi connectivity index (χ4v) is 4.09. The molecule has 5 rings (SSSR count). The molecule has 2 nitrogen and oxygen atoms in total. The van der Waals surface area contributed by atoms with Gasteiger partial charge in [-0.1, -0.05) is 84.9 Å². The number of hydrogen-bond acceptors (Lipinski definition) is 2. The van der Waals surface area contributed by atoms with Gasteiger partial charge >= 0.3 is 0 Å². The number of nitrogens with zero attached hydrogens (tertiary/aromatic N) is 2. The smallest absolute Gasteiger partial charge is 0.0735 e. The number of fused-ring (bicyclic) bond motifs is 2. The van der Waals surface area contributed by atoms with E-state index in [1.54, 1.807) is 0 Å². The van der Waals surface area contributed by atoms with Crippen LogP contribution in [0.15, 0.2) is 103 Å². The highest BCUT2D eigenvalue weighted by Gasteiger charge is 2.28. The molecule has 4 aromatic rings. The molecular weight excluding hydrogens is 340 g/mol. The zero-order valence-corrected chi connectivity index (χ0v) is 15.9. The van der Waals surface area contributed by atoms with E-state index in [1.807, 2.05) is 0 Å². The molecule has 0 fully saturated rings. The second-order valence-corrected chi connectivity index (χ2v) is 7.16. The SMILES string of the molecule is CN1c2ccccc2N(Cc2ccccc2)c2c(-c3ccccc3)cccc21. The van der Waals surface area contributed by atoms with Gasteiger partial charge in [0.05, 0.1) is 22.7 Å². The Labute approximate surface area is 166 Å². The summed E-state index contributed by atoms with van der Waals surface area (Å²) in [5.41, 5.74) is 8.77. The third kappa shape index (κ3) is 2.74. The van der Waals surface area contributed by atoms with Crippen LogP contribution in [0.4, 0.5) is 22.7 Å². The third-order valence-electron chi connectivity index (χ3n) is 5.45. The van der Waals surface area contributed by atoms with Gasteiger partial charge in [0.1, 0.15) is 0 Å². The Hall–Kier alpha value is -3.52. The van der Waals surface area contributed by atoms with Gasteiger partial charge in [0.15, 0.2) is 0 Å². The molecule has 0 aliphatic carbocycles. The van der Waals surface area contributed by atoms with Crippen molar-refractivity contribution < 1.29 is 0 Å². The van der Waals surface area contributed by atoms with E-state index in [2.05, 4.69) is 120 Å². The van der Waals surface area contributed by atoms with E-state index in [0.717, 1.165) is 6.54 Å². The van der Waals surface area contributed by atoms with Crippen molar-refractivity contribution in [3.8, 4) is 11.1 Å². The van der Waals surface area contributed by atoms with Gasteiger partial charge in [-0.05, 0) is 29.3 Å². The maximum Gasteiger partial charge on any atom is 0.0735 e. The van der Waals surface area contributed by atoms with E-state index in [4.69, 9.17) is 0 Å². The van der Waals surface area contributed by atoms with Gasteiger partial charge in [-0.2, -0.15) is 0 Å². The lowest BCUT2D eigenvalue weighted by molar-refractivity contribution is 0.950. The van der Waals surface area contributed by atoms with E-state index in [9.17, 15) is 0 Å². The van der Waals surface area contributed by atoms with Crippen LogP contribution in [0.5, 0.6) is 0 Å². The summed E-state index contributed by atoms with van der Waals surface area (Å²) in [4.78, 5) is 4.76. The maximum absolute atomic E-state index is 2.46. The van der Waals surface area contributed by atoms with Gasteiger partial charge in [0.25, 0.3) is 0 Å². The van der Waals surface area contributed by atoms with Crippen LogP contribution in [0.3, 0.4) is 0 Å². The van der Waals surface area contributed by atoms with E-state index >= 15 is 0 Å². The second-order valence-electron chi connectivity index (χ2n) is 7.16. The average Bonchev–Trinajstić information content (AvgIpc) is 2.77. The van der Waals surface area contributed by atoms with Gasteiger partial charge in [-0.3, -0.25) is 0 Å². The molecule has 0 amide bonds. The van der Waals surface area contributed by atoms with Crippen LogP contribution in [0.2, 0.25) is 0 Å². The molecule has 0 atom stereocenters. The van der Waals surface area contributed by atoms with Crippen molar-refractivity contribution in [3.05, 3.63) is 109 Å². The second kappa shape index (κ2) is 6.90. The van der Waals surface area contributed by atoms with Crippen molar-refractivity contribution in [2.24, 2.45) is 0 Å². The molecule has 0 aromatic heterocycles. The van der Waals surface area contributed by atoms with Gasteiger partial charge in [0, 0.05) is 19.2 Å². The summed E-state index contributed by atoms with van der Waals surface area (Å²) < 4.78 is 0. The van der Waals surface area contributed by atoms with Crippen molar-refractivity contribution in [1.29, 1.82) is 0 Å². The Bertz CT molecular complexity index is 1100. The van der Waals surface area contributed by atoms with Crippen LogP contribution < -0.4 is 9.80 Å². The first-order valence-electron chi connectivity index (χ1n) is 9.65. The Morgan fingerprint density at radius 1 is 0.571 bits per heavy atom. The highest BCUT2D eigenvalue weighted by molar-refractivity contribution is 5.99. The van der Waals surface area contributed by atoms with Crippen LogP contribution in [0.25, 0.3) is 11.1 Å². The van der Waals surface area contributed by atoms with Crippen LogP contribution in [-0.2, 0) is 6.54 Å². The zero-order valence-electron chi connectivity index (χ0n) is 15.9. The molecule has 0 saturated carbocycles. The number of benzene rings is 4. The standard InChI is InChI=1S/C26H22N2/c1-27-23-16-8-9-17-24(23)28(19-20-11-4-2-5-12-20)26-22(15-10-18-25(26)27)21-13-6-3-7-14-21/h2-18H,19H2,1H3. The van der Waals surface area contributed by atoms with Crippen molar-refractivity contribution in [1.82, 2.24) is 0 Å². The van der Waals surface area contributed by atoms with E-state index in [-0.39, 0.29) is 0 Å². The van der Waals surface area contributed by atoms with Crippen molar-refractivity contribution >= 4 is 22.7 Å². The average molecular weight is 362 g/mol. The molecule has 1 aliphatic heterocycles. The molecule has 0 N–H and O–H groups in total. The molecule has 28 heavy (non-hydrogen) atoms. The predicted molar refractivity (Wildman–Crippen MR) is 119 cm³/mol. The molecule has 0 bridgehead atoms. The third-order valence-corrected chi connectivity index (χ3v) is 5.45. The summed E-state index contributed by atoms with van der Waals surface area (Å²) in [5, 5.41) is 0. The molecule has 1 aliphatic rings. The summed E-state index contributed by atoms with van der Waals surface area (Å²) in [6.45, 7) is 0.836. The quantitative estimate of drug-likeness (QED) is 0.397. The minimum Gasteiger partial charge on any atom is -0.341 e. The molecule has 4 aromatic carbocycles. The molecular formula is C26H22N2. The van der Waals surface area contributed by atoms with E-state index in [0.29, 0.717) is 0 Å². The van der Waals surface area contributed by atoms with Crippen molar-refractivity contribution in [3.63, 3.8) is 0 Å². The molecule has 1 heterocycles. The topological polar surface area (TPSA) is 6.48 Å². The number of anilines is 4. The lowest BCUT2D eigenvalue weighted by atomic mass is 9.97. The van der Waals surface area contributed by atoms with Crippen molar-refractivity contribution in [2.75, 3.05) is 16.8 Å². The van der Waals surface area contributed by atoms with Crippen LogP contribution in [-0.4, -0.2) is 7.05 Å². The normalized spacial score (nSPS) is 12.5. The molecule has 0 unspecified atom stereocenters. The monoisotopic (exact) mass is 362 g/mol. The largest absolute Gasteiger partial charge is 0.341 e. The van der Waals surface area contributed by atoms with Crippen molar-refractivity contribution in [2.45, 2.75) is 6.54 Å². The summed E-state index contributed by atoms with van der Waals surface area (Å²) >= 11 is 0. The first-order valence-corrected chi connectivity index (χ1v) is 9.65. The molecule has 0 radical (unpaired) electrons. The van der Waals surface area contributed by atoms with Gasteiger partial charge in [-0.15, -0.1) is 0 Å². The minimum absolute atomic E-state index is 0.836. The highest BCUT2D eigenvalue weighted by atomic mass is 15.3. The molecule has 136 valence electrons. The van der Waals surface area contributed by atoms with Crippen LogP contribution in [0.1, 0.15) is 5.56 Å². The fraction of sp³-hybridized carbons (Fsp3) is 0.0769. The minimum atomic E-state index is 0.836.